The summed E-state index contributed by atoms with van der Waals surface area (Å²) in [7, 11) is 0. The molecule has 33 heavy (non-hydrogen) atoms. The van der Waals surface area contributed by atoms with Gasteiger partial charge >= 0.3 is 6.09 Å². The van der Waals surface area contributed by atoms with Gasteiger partial charge in [-0.15, -0.1) is 0 Å². The number of nitrogens with zero attached hydrogens (tertiary/aromatic N) is 1. The van der Waals surface area contributed by atoms with E-state index in [1.807, 2.05) is 36.4 Å². The lowest BCUT2D eigenvalue weighted by molar-refractivity contribution is -0.384. The molecule has 1 amide bonds. The molecule has 3 aromatic rings. The zero-order valence-corrected chi connectivity index (χ0v) is 17.7. The molecule has 1 aliphatic rings. The molecule has 0 fully saturated rings. The molecule has 7 nitrogen and oxygen atoms in total. The maximum Gasteiger partial charge on any atom is 0.407 e. The highest BCUT2D eigenvalue weighted by molar-refractivity contribution is 5.79. The van der Waals surface area contributed by atoms with Crippen LogP contribution in [0.1, 0.15) is 29.0 Å². The van der Waals surface area contributed by atoms with Crippen molar-refractivity contribution in [2.75, 3.05) is 18.9 Å². The van der Waals surface area contributed by atoms with Gasteiger partial charge in [0.1, 0.15) is 18.1 Å². The van der Waals surface area contributed by atoms with Gasteiger partial charge < -0.3 is 15.8 Å². The number of nitrogens with one attached hydrogen (secondary N) is 1. The highest BCUT2D eigenvalue weighted by Crippen LogP contribution is 2.44. The molecule has 168 valence electrons. The van der Waals surface area contributed by atoms with Crippen molar-refractivity contribution in [2.45, 2.75) is 12.3 Å². The third-order valence-electron chi connectivity index (χ3n) is 5.56. The Kier molecular flexibility index (Phi) is 6.35. The van der Waals surface area contributed by atoms with Crippen molar-refractivity contribution in [1.82, 2.24) is 5.32 Å². The first-order chi connectivity index (χ1) is 16.0. The minimum atomic E-state index is -0.662. The molecule has 0 radical (unpaired) electrons. The molecule has 3 aromatic carbocycles. The highest BCUT2D eigenvalue weighted by atomic mass is 19.1. The number of nitrogens with two attached hydrogens (primary N) is 1. The van der Waals surface area contributed by atoms with Crippen LogP contribution in [0.25, 0.3) is 17.2 Å². The fourth-order valence-electron chi connectivity index (χ4n) is 4.00. The van der Waals surface area contributed by atoms with Crippen LogP contribution in [0, 0.1) is 15.9 Å². The summed E-state index contributed by atoms with van der Waals surface area (Å²) in [6, 6.07) is 18.2. The van der Waals surface area contributed by atoms with Gasteiger partial charge in [-0.25, -0.2) is 9.18 Å². The molecule has 1 aliphatic carbocycles. The van der Waals surface area contributed by atoms with Crippen molar-refractivity contribution in [3.05, 3.63) is 99.4 Å². The van der Waals surface area contributed by atoms with Crippen molar-refractivity contribution < 1.29 is 18.8 Å². The van der Waals surface area contributed by atoms with Crippen LogP contribution in [-0.2, 0) is 4.74 Å². The SMILES string of the molecule is Nc1cc(F)c(C=CCCNC(=O)OCC2c3ccccc3-c3ccccc32)cc1[N+](=O)[O-]. The average molecular weight is 447 g/mol. The number of anilines is 1. The maximum absolute atomic E-state index is 13.9. The van der Waals surface area contributed by atoms with Crippen molar-refractivity contribution in [3.63, 3.8) is 0 Å². The number of hydrogen-bond acceptors (Lipinski definition) is 5. The van der Waals surface area contributed by atoms with Gasteiger partial charge in [0.2, 0.25) is 0 Å². The van der Waals surface area contributed by atoms with E-state index in [0.717, 1.165) is 34.4 Å². The van der Waals surface area contributed by atoms with Gasteiger partial charge in [0, 0.05) is 30.2 Å². The predicted octanol–water partition coefficient (Wildman–Crippen LogP) is 5.26. The van der Waals surface area contributed by atoms with E-state index >= 15 is 0 Å². The number of halogens is 1. The number of benzene rings is 3. The van der Waals surface area contributed by atoms with Gasteiger partial charge in [-0.3, -0.25) is 10.1 Å². The summed E-state index contributed by atoms with van der Waals surface area (Å²) in [5.74, 6) is -0.675. The number of nitro benzene ring substituents is 1. The van der Waals surface area contributed by atoms with Crippen molar-refractivity contribution in [3.8, 4) is 11.1 Å². The Morgan fingerprint density at radius 3 is 2.39 bits per heavy atom. The molecule has 0 unspecified atom stereocenters. The fourth-order valence-corrected chi connectivity index (χ4v) is 4.00. The van der Waals surface area contributed by atoms with Crippen LogP contribution in [0.4, 0.5) is 20.6 Å². The number of carbonyl (C=O) groups excluding carboxylic acids is 1. The van der Waals surface area contributed by atoms with Crippen LogP contribution in [0.15, 0.2) is 66.7 Å². The molecule has 0 atom stereocenters. The summed E-state index contributed by atoms with van der Waals surface area (Å²) >= 11 is 0. The van der Waals surface area contributed by atoms with E-state index in [2.05, 4.69) is 17.4 Å². The number of rotatable bonds is 7. The van der Waals surface area contributed by atoms with Crippen LogP contribution in [0.5, 0.6) is 0 Å². The molecule has 0 spiro atoms. The number of hydrogen-bond donors (Lipinski definition) is 2. The molecule has 0 aliphatic heterocycles. The first kappa shape index (κ1) is 22.0. The summed E-state index contributed by atoms with van der Waals surface area (Å²) in [5.41, 5.74) is 9.51. The molecule has 4 rings (SSSR count). The van der Waals surface area contributed by atoms with E-state index in [-0.39, 0.29) is 36.0 Å². The normalized spacial score (nSPS) is 12.4. The number of alkyl carbamates (subject to hydrolysis) is 1. The Morgan fingerprint density at radius 2 is 1.76 bits per heavy atom. The number of ether oxygens (including phenoxy) is 1. The smallest absolute Gasteiger partial charge is 0.407 e. The standard InChI is InChI=1S/C25H22FN3O4/c26-22-14-23(27)24(29(31)32)13-16(22)7-5-6-12-28-25(30)33-15-21-19-10-3-1-8-17(19)18-9-2-4-11-20(18)21/h1-5,7-11,13-14,21H,6,12,15,27H2,(H,28,30). The van der Waals surface area contributed by atoms with Gasteiger partial charge in [0.15, 0.2) is 0 Å². The van der Waals surface area contributed by atoms with E-state index in [4.69, 9.17) is 10.5 Å². The minimum absolute atomic E-state index is 0.0210. The fraction of sp³-hybridized carbons (Fsp3) is 0.160. The lowest BCUT2D eigenvalue weighted by Crippen LogP contribution is -2.26. The molecule has 0 aromatic heterocycles. The zero-order chi connectivity index (χ0) is 23.4. The van der Waals surface area contributed by atoms with Gasteiger partial charge in [-0.1, -0.05) is 60.7 Å². The Hall–Kier alpha value is -4.20. The maximum atomic E-state index is 13.9. The second-order valence-electron chi connectivity index (χ2n) is 7.63. The predicted molar refractivity (Wildman–Crippen MR) is 124 cm³/mol. The molecule has 0 heterocycles. The lowest BCUT2D eigenvalue weighted by Gasteiger charge is -2.14. The van der Waals surface area contributed by atoms with E-state index in [1.165, 1.54) is 6.08 Å². The first-order valence-electron chi connectivity index (χ1n) is 10.4. The largest absolute Gasteiger partial charge is 0.449 e. The monoisotopic (exact) mass is 447 g/mol. The van der Waals surface area contributed by atoms with E-state index < -0.39 is 16.8 Å². The Labute approximate surface area is 189 Å². The van der Waals surface area contributed by atoms with Crippen LogP contribution in [-0.4, -0.2) is 24.2 Å². The summed E-state index contributed by atoms with van der Waals surface area (Å²) in [6.07, 6.45) is 2.88. The van der Waals surface area contributed by atoms with Crippen LogP contribution in [0.3, 0.4) is 0 Å². The third kappa shape index (κ3) is 4.69. The van der Waals surface area contributed by atoms with E-state index in [9.17, 15) is 19.3 Å². The highest BCUT2D eigenvalue weighted by Gasteiger charge is 2.28. The molecule has 8 heteroatoms. The molecule has 3 N–H and O–H groups in total. The Balaban J connectivity index is 1.29. The summed E-state index contributed by atoms with van der Waals surface area (Å²) in [6.45, 7) is 0.488. The summed E-state index contributed by atoms with van der Waals surface area (Å²) in [4.78, 5) is 22.4. The minimum Gasteiger partial charge on any atom is -0.449 e. The topological polar surface area (TPSA) is 107 Å². The Morgan fingerprint density at radius 1 is 1.12 bits per heavy atom. The summed E-state index contributed by atoms with van der Waals surface area (Å²) < 4.78 is 19.4. The second kappa shape index (κ2) is 9.52. The lowest BCUT2D eigenvalue weighted by atomic mass is 9.98. The van der Waals surface area contributed by atoms with Crippen molar-refractivity contribution in [2.24, 2.45) is 0 Å². The van der Waals surface area contributed by atoms with E-state index in [1.54, 1.807) is 6.08 Å². The molecular formula is C25H22FN3O4. The van der Waals surface area contributed by atoms with Gasteiger partial charge in [-0.2, -0.15) is 0 Å². The molecule has 0 saturated carbocycles. The van der Waals surface area contributed by atoms with Crippen molar-refractivity contribution >= 4 is 23.5 Å². The molecule has 0 saturated heterocycles. The number of nitro groups is 1. The van der Waals surface area contributed by atoms with Gasteiger partial charge in [0.25, 0.3) is 5.69 Å². The summed E-state index contributed by atoms with van der Waals surface area (Å²) in [5, 5.41) is 13.6. The third-order valence-corrected chi connectivity index (χ3v) is 5.56. The zero-order valence-electron chi connectivity index (χ0n) is 17.7. The van der Waals surface area contributed by atoms with Crippen molar-refractivity contribution in [1.29, 1.82) is 0 Å². The molecule has 0 bridgehead atoms. The van der Waals surface area contributed by atoms with Gasteiger partial charge in [0.05, 0.1) is 4.92 Å². The second-order valence-corrected chi connectivity index (χ2v) is 7.63. The quantitative estimate of drug-likeness (QED) is 0.222. The number of nitrogen functional groups attached to an aromatic ring is 1. The average Bonchev–Trinajstić information content (AvgIpc) is 3.12. The van der Waals surface area contributed by atoms with Crippen LogP contribution in [0.2, 0.25) is 0 Å². The number of amides is 1. The number of carbonyl (C=O) groups is 1. The first-order valence-corrected chi connectivity index (χ1v) is 10.4. The van der Waals surface area contributed by atoms with Crippen LogP contribution >= 0.6 is 0 Å². The van der Waals surface area contributed by atoms with E-state index in [0.29, 0.717) is 6.42 Å². The number of fused-ring (bicyclic) bond motifs is 3. The van der Waals surface area contributed by atoms with Crippen LogP contribution < -0.4 is 11.1 Å². The molecular weight excluding hydrogens is 425 g/mol. The van der Waals surface area contributed by atoms with Gasteiger partial charge in [-0.05, 0) is 28.7 Å². The Bertz CT molecular complexity index is 1200.